The molecule has 1 rings (SSSR count). The van der Waals surface area contributed by atoms with Crippen LogP contribution in [0.1, 0.15) is 50.2 Å². The maximum Gasteiger partial charge on any atom is 0.313 e. The zero-order valence-corrected chi connectivity index (χ0v) is 12.2. The predicted octanol–water partition coefficient (Wildman–Crippen LogP) is 3.60. The van der Waals surface area contributed by atoms with Gasteiger partial charge in [0.05, 0.1) is 18.0 Å². The van der Waals surface area contributed by atoms with Crippen molar-refractivity contribution in [2.24, 2.45) is 0 Å². The molecular weight excluding hydrogens is 258 g/mol. The van der Waals surface area contributed by atoms with Crippen molar-refractivity contribution in [3.8, 4) is 0 Å². The monoisotopic (exact) mass is 279 g/mol. The molecule has 0 aromatic heterocycles. The van der Waals surface area contributed by atoms with E-state index in [1.165, 1.54) is 13.2 Å². The number of carbonyl (C=O) groups excluding carboxylic acids is 1. The molecule has 0 saturated heterocycles. The van der Waals surface area contributed by atoms with Crippen LogP contribution < -0.4 is 0 Å². The molecule has 1 unspecified atom stereocenters. The first kappa shape index (κ1) is 16.1. The molecule has 5 heteroatoms. The molecule has 0 bridgehead atoms. The minimum atomic E-state index is -0.438. The van der Waals surface area contributed by atoms with Crippen LogP contribution in [0.3, 0.4) is 0 Å². The van der Waals surface area contributed by atoms with Gasteiger partial charge in [0.25, 0.3) is 5.69 Å². The van der Waals surface area contributed by atoms with Gasteiger partial charge in [0.1, 0.15) is 0 Å². The van der Waals surface area contributed by atoms with Crippen LogP contribution in [0.5, 0.6) is 0 Å². The second-order valence-corrected chi connectivity index (χ2v) is 4.69. The minimum Gasteiger partial charge on any atom is -0.469 e. The summed E-state index contributed by atoms with van der Waals surface area (Å²) in [4.78, 5) is 22.7. The second-order valence-electron chi connectivity index (χ2n) is 4.69. The zero-order valence-electron chi connectivity index (χ0n) is 12.2. The highest BCUT2D eigenvalue weighted by Gasteiger charge is 2.26. The van der Waals surface area contributed by atoms with E-state index in [1.54, 1.807) is 12.1 Å². The van der Waals surface area contributed by atoms with E-state index in [-0.39, 0.29) is 16.6 Å². The maximum atomic E-state index is 11.9. The minimum absolute atomic E-state index is 0.0957. The van der Waals surface area contributed by atoms with Gasteiger partial charge in [-0.05, 0) is 24.8 Å². The number of hydrogen-bond acceptors (Lipinski definition) is 4. The molecule has 0 heterocycles. The largest absolute Gasteiger partial charge is 0.469 e. The Morgan fingerprint density at radius 3 is 2.60 bits per heavy atom. The molecule has 1 aromatic rings. The molecule has 20 heavy (non-hydrogen) atoms. The Bertz CT molecular complexity index is 485. The highest BCUT2D eigenvalue weighted by atomic mass is 16.6. The van der Waals surface area contributed by atoms with Gasteiger partial charge in [-0.15, -0.1) is 0 Å². The highest BCUT2D eigenvalue weighted by molar-refractivity contribution is 5.79. The summed E-state index contributed by atoms with van der Waals surface area (Å²) >= 11 is 0. The molecule has 0 amide bonds. The molecule has 1 atom stereocenters. The summed E-state index contributed by atoms with van der Waals surface area (Å²) in [5, 5.41) is 11.2. The SMILES string of the molecule is CCCCc1c(C(CC)C(=O)OC)cccc1[N+](=O)[O-]. The van der Waals surface area contributed by atoms with E-state index in [1.807, 2.05) is 13.8 Å². The number of benzene rings is 1. The third-order valence-corrected chi connectivity index (χ3v) is 3.43. The number of esters is 1. The Morgan fingerprint density at radius 1 is 1.40 bits per heavy atom. The van der Waals surface area contributed by atoms with Crippen LogP contribution in [0.25, 0.3) is 0 Å². The first-order valence-electron chi connectivity index (χ1n) is 6.90. The summed E-state index contributed by atoms with van der Waals surface area (Å²) in [5.74, 6) is -0.780. The number of nitro groups is 1. The maximum absolute atomic E-state index is 11.9. The summed E-state index contributed by atoms with van der Waals surface area (Å²) in [7, 11) is 1.34. The van der Waals surface area contributed by atoms with Gasteiger partial charge in [0.2, 0.25) is 0 Å². The first-order chi connectivity index (χ1) is 9.56. The fraction of sp³-hybridized carbons (Fsp3) is 0.533. The van der Waals surface area contributed by atoms with Gasteiger partial charge >= 0.3 is 5.97 Å². The Kier molecular flexibility index (Phi) is 6.15. The van der Waals surface area contributed by atoms with Crippen LogP contribution in [0.2, 0.25) is 0 Å². The van der Waals surface area contributed by atoms with Crippen molar-refractivity contribution in [3.05, 3.63) is 39.4 Å². The van der Waals surface area contributed by atoms with E-state index in [0.29, 0.717) is 18.4 Å². The smallest absolute Gasteiger partial charge is 0.313 e. The Labute approximate surface area is 119 Å². The average molecular weight is 279 g/mol. The van der Waals surface area contributed by atoms with Crippen molar-refractivity contribution in [2.45, 2.75) is 45.4 Å². The van der Waals surface area contributed by atoms with Gasteiger partial charge in [-0.2, -0.15) is 0 Å². The Balaban J connectivity index is 3.32. The molecular formula is C15H21NO4. The van der Waals surface area contributed by atoms with Crippen LogP contribution in [0, 0.1) is 10.1 Å². The average Bonchev–Trinajstić information content (AvgIpc) is 2.45. The van der Waals surface area contributed by atoms with E-state index >= 15 is 0 Å². The number of ether oxygens (including phenoxy) is 1. The number of hydrogen-bond donors (Lipinski definition) is 0. The molecule has 0 radical (unpaired) electrons. The van der Waals surface area contributed by atoms with Crippen molar-refractivity contribution >= 4 is 11.7 Å². The normalized spacial score (nSPS) is 11.9. The first-order valence-corrected chi connectivity index (χ1v) is 6.90. The topological polar surface area (TPSA) is 69.4 Å². The third-order valence-electron chi connectivity index (χ3n) is 3.43. The zero-order chi connectivity index (χ0) is 15.1. The Morgan fingerprint density at radius 2 is 2.10 bits per heavy atom. The van der Waals surface area contributed by atoms with Crippen molar-refractivity contribution in [3.63, 3.8) is 0 Å². The van der Waals surface area contributed by atoms with Crippen LogP contribution in [0.4, 0.5) is 5.69 Å². The molecule has 0 aliphatic carbocycles. The van der Waals surface area contributed by atoms with E-state index in [9.17, 15) is 14.9 Å². The van der Waals surface area contributed by atoms with Crippen LogP contribution in [-0.4, -0.2) is 18.0 Å². The highest BCUT2D eigenvalue weighted by Crippen LogP contribution is 2.31. The summed E-state index contributed by atoms with van der Waals surface area (Å²) in [5.41, 5.74) is 1.48. The van der Waals surface area contributed by atoms with Crippen molar-refractivity contribution in [1.29, 1.82) is 0 Å². The van der Waals surface area contributed by atoms with E-state index in [2.05, 4.69) is 0 Å². The van der Waals surface area contributed by atoms with Gasteiger partial charge in [0.15, 0.2) is 0 Å². The predicted molar refractivity (Wildman–Crippen MR) is 76.8 cm³/mol. The van der Waals surface area contributed by atoms with Gasteiger partial charge in [-0.1, -0.05) is 32.4 Å². The lowest BCUT2D eigenvalue weighted by molar-refractivity contribution is -0.385. The molecule has 0 aliphatic rings. The molecule has 0 fully saturated rings. The van der Waals surface area contributed by atoms with E-state index < -0.39 is 5.92 Å². The second kappa shape index (κ2) is 7.62. The third kappa shape index (κ3) is 3.56. The standard InChI is InChI=1S/C15H21NO4/c1-4-6-8-13-12(11(5-2)15(17)20-3)9-7-10-14(13)16(18)19/h7,9-11H,4-6,8H2,1-3H3. The molecule has 110 valence electrons. The fourth-order valence-corrected chi connectivity index (χ4v) is 2.37. The van der Waals surface area contributed by atoms with Crippen molar-refractivity contribution in [2.75, 3.05) is 7.11 Å². The van der Waals surface area contributed by atoms with Gasteiger partial charge < -0.3 is 4.74 Å². The molecule has 5 nitrogen and oxygen atoms in total. The van der Waals surface area contributed by atoms with Crippen molar-refractivity contribution < 1.29 is 14.5 Å². The quantitative estimate of drug-likeness (QED) is 0.434. The number of carbonyl (C=O) groups is 1. The molecule has 0 aliphatic heterocycles. The van der Waals surface area contributed by atoms with Gasteiger partial charge in [-0.25, -0.2) is 0 Å². The summed E-state index contributed by atoms with van der Waals surface area (Å²) in [6, 6.07) is 4.93. The lowest BCUT2D eigenvalue weighted by atomic mass is 9.89. The summed E-state index contributed by atoms with van der Waals surface area (Å²) in [6.07, 6.45) is 2.97. The Hall–Kier alpha value is -1.91. The lowest BCUT2D eigenvalue weighted by Gasteiger charge is -2.17. The molecule has 0 spiro atoms. The lowest BCUT2D eigenvalue weighted by Crippen LogP contribution is -2.16. The van der Waals surface area contributed by atoms with Crippen LogP contribution in [0.15, 0.2) is 18.2 Å². The van der Waals surface area contributed by atoms with Crippen LogP contribution >= 0.6 is 0 Å². The van der Waals surface area contributed by atoms with Gasteiger partial charge in [0, 0.05) is 11.6 Å². The summed E-state index contributed by atoms with van der Waals surface area (Å²) < 4.78 is 4.81. The fourth-order valence-electron chi connectivity index (χ4n) is 2.37. The number of unbranched alkanes of at least 4 members (excludes halogenated alkanes) is 1. The molecule has 1 aromatic carbocycles. The number of nitrogens with zero attached hydrogens (tertiary/aromatic N) is 1. The van der Waals surface area contributed by atoms with Crippen molar-refractivity contribution in [1.82, 2.24) is 0 Å². The molecule has 0 N–H and O–H groups in total. The van der Waals surface area contributed by atoms with Crippen LogP contribution in [-0.2, 0) is 16.0 Å². The van der Waals surface area contributed by atoms with E-state index in [4.69, 9.17) is 4.74 Å². The molecule has 0 saturated carbocycles. The van der Waals surface area contributed by atoms with E-state index in [0.717, 1.165) is 18.4 Å². The number of nitro benzene ring substituents is 1. The number of rotatable bonds is 7. The summed E-state index contributed by atoms with van der Waals surface area (Å²) in [6.45, 7) is 3.91. The number of methoxy groups -OCH3 is 1. The van der Waals surface area contributed by atoms with Gasteiger partial charge in [-0.3, -0.25) is 14.9 Å².